The minimum atomic E-state index is -1.05. The van der Waals surface area contributed by atoms with Gasteiger partial charge in [0.05, 0.1) is 10.6 Å². The molecule has 2 aliphatic rings. The lowest BCUT2D eigenvalue weighted by Gasteiger charge is -2.52. The molecule has 0 aromatic carbocycles. The van der Waals surface area contributed by atoms with Gasteiger partial charge in [0.2, 0.25) is 11.6 Å². The first-order valence-electron chi connectivity index (χ1n) is 5.71. The zero-order chi connectivity index (χ0) is 13.6. The van der Waals surface area contributed by atoms with Gasteiger partial charge in [-0.05, 0) is 35.9 Å². The van der Waals surface area contributed by atoms with Gasteiger partial charge in [-0.25, -0.2) is 0 Å². The number of hydrogen-bond donors (Lipinski definition) is 0. The molecule has 0 spiro atoms. The van der Waals surface area contributed by atoms with Gasteiger partial charge in [0.25, 0.3) is 0 Å². The summed E-state index contributed by atoms with van der Waals surface area (Å²) >= 11 is 3.22. The van der Waals surface area contributed by atoms with Crippen LogP contribution in [0.15, 0.2) is 10.6 Å². The molecule has 0 bridgehead atoms. The fourth-order valence-electron chi connectivity index (χ4n) is 2.19. The van der Waals surface area contributed by atoms with Gasteiger partial charge in [-0.2, -0.15) is 0 Å². The third-order valence-electron chi connectivity index (χ3n) is 3.67. The highest BCUT2D eigenvalue weighted by molar-refractivity contribution is 9.12. The van der Waals surface area contributed by atoms with E-state index >= 15 is 0 Å². The van der Waals surface area contributed by atoms with Crippen LogP contribution in [0.2, 0.25) is 0 Å². The Bertz CT molecular complexity index is 396. The molecule has 0 radical (unpaired) electrons. The lowest BCUT2D eigenvalue weighted by Crippen LogP contribution is -2.65. The van der Waals surface area contributed by atoms with E-state index in [9.17, 15) is 4.79 Å². The van der Waals surface area contributed by atoms with Crippen molar-refractivity contribution >= 4 is 21.7 Å². The zero-order valence-electron chi connectivity index (χ0n) is 10.9. The number of ether oxygens (including phenoxy) is 4. The first-order chi connectivity index (χ1) is 8.35. The fourth-order valence-corrected chi connectivity index (χ4v) is 2.61. The molecule has 1 aliphatic carbocycles. The minimum Gasteiger partial charge on any atom is -0.349 e. The van der Waals surface area contributed by atoms with Gasteiger partial charge in [-0.1, -0.05) is 0 Å². The Balaban J connectivity index is 2.32. The van der Waals surface area contributed by atoms with Crippen LogP contribution in [0.25, 0.3) is 0 Å². The molecule has 18 heavy (non-hydrogen) atoms. The van der Waals surface area contributed by atoms with Crippen molar-refractivity contribution in [2.24, 2.45) is 0 Å². The van der Waals surface area contributed by atoms with Crippen molar-refractivity contribution in [1.82, 2.24) is 0 Å². The molecule has 0 aromatic rings. The molecule has 0 amide bonds. The summed E-state index contributed by atoms with van der Waals surface area (Å²) in [5, 5.41) is 0. The number of halogens is 1. The van der Waals surface area contributed by atoms with Crippen LogP contribution in [-0.2, 0) is 23.7 Å². The molecule has 1 heterocycles. The molecule has 1 fully saturated rings. The molecule has 5 nitrogen and oxygen atoms in total. The third-order valence-corrected chi connectivity index (χ3v) is 4.38. The van der Waals surface area contributed by atoms with E-state index in [1.165, 1.54) is 14.2 Å². The SMILES string of the molecule is CO[C@@]1(C)O[C@@H]2C=C(Br)C(=O)C[C@H]2O[C@]1(C)OC. The number of methoxy groups -OCH3 is 2. The average molecular weight is 321 g/mol. The summed E-state index contributed by atoms with van der Waals surface area (Å²) in [7, 11) is 3.06. The monoisotopic (exact) mass is 320 g/mol. The van der Waals surface area contributed by atoms with Crippen LogP contribution >= 0.6 is 15.9 Å². The van der Waals surface area contributed by atoms with E-state index in [-0.39, 0.29) is 24.4 Å². The van der Waals surface area contributed by atoms with Crippen molar-refractivity contribution in [2.45, 2.75) is 44.1 Å². The van der Waals surface area contributed by atoms with Crippen molar-refractivity contribution in [3.05, 3.63) is 10.6 Å². The van der Waals surface area contributed by atoms with Crippen LogP contribution in [0, 0.1) is 0 Å². The molecule has 0 aromatic heterocycles. The maximum absolute atomic E-state index is 11.7. The van der Waals surface area contributed by atoms with Crippen LogP contribution in [0.1, 0.15) is 20.3 Å². The summed E-state index contributed by atoms with van der Waals surface area (Å²) in [5.41, 5.74) is 0. The maximum Gasteiger partial charge on any atom is 0.220 e. The quantitative estimate of drug-likeness (QED) is 0.775. The van der Waals surface area contributed by atoms with Crippen LogP contribution in [0.4, 0.5) is 0 Å². The van der Waals surface area contributed by atoms with Crippen molar-refractivity contribution in [1.29, 1.82) is 0 Å². The molecule has 1 saturated heterocycles. The van der Waals surface area contributed by atoms with Gasteiger partial charge in [-0.3, -0.25) is 4.79 Å². The van der Waals surface area contributed by atoms with E-state index in [2.05, 4.69) is 15.9 Å². The molecule has 0 saturated carbocycles. The first kappa shape index (κ1) is 14.1. The lowest BCUT2D eigenvalue weighted by molar-refractivity contribution is -0.442. The van der Waals surface area contributed by atoms with Gasteiger partial charge in [0.1, 0.15) is 6.10 Å². The van der Waals surface area contributed by atoms with Gasteiger partial charge in [0, 0.05) is 20.6 Å². The summed E-state index contributed by atoms with van der Waals surface area (Å²) in [4.78, 5) is 11.7. The van der Waals surface area contributed by atoms with Crippen LogP contribution in [0.5, 0.6) is 0 Å². The summed E-state index contributed by atoms with van der Waals surface area (Å²) in [6, 6.07) is 0. The smallest absolute Gasteiger partial charge is 0.220 e. The second-order valence-corrected chi connectivity index (χ2v) is 5.53. The number of Topliss-reactive ketones (excluding diaryl/α,β-unsaturated/α-hetero) is 1. The number of carbonyl (C=O) groups excluding carboxylic acids is 1. The Morgan fingerprint density at radius 1 is 1.28 bits per heavy atom. The highest BCUT2D eigenvalue weighted by atomic mass is 79.9. The molecular weight excluding hydrogens is 304 g/mol. The third kappa shape index (κ3) is 2.06. The number of carbonyl (C=O) groups is 1. The highest BCUT2D eigenvalue weighted by Gasteiger charge is 2.57. The van der Waals surface area contributed by atoms with Crippen molar-refractivity contribution in [3.8, 4) is 0 Å². The Labute approximate surface area is 115 Å². The second-order valence-electron chi connectivity index (χ2n) is 4.68. The van der Waals surface area contributed by atoms with Gasteiger partial charge in [0.15, 0.2) is 5.78 Å². The number of ketones is 1. The molecule has 1 aliphatic heterocycles. The Hall–Kier alpha value is -0.270. The molecule has 0 unspecified atom stereocenters. The Morgan fingerprint density at radius 2 is 1.83 bits per heavy atom. The summed E-state index contributed by atoms with van der Waals surface area (Å²) < 4.78 is 23.1. The predicted molar refractivity (Wildman–Crippen MR) is 67.2 cm³/mol. The van der Waals surface area contributed by atoms with E-state index in [1.807, 2.05) is 0 Å². The minimum absolute atomic E-state index is 0.000627. The normalized spacial score (nSPS) is 44.5. The molecule has 2 rings (SSSR count). The molecule has 6 heteroatoms. The second kappa shape index (κ2) is 4.68. The Morgan fingerprint density at radius 3 is 2.39 bits per heavy atom. The predicted octanol–water partition coefficient (Wildman–Crippen LogP) is 1.75. The van der Waals surface area contributed by atoms with Gasteiger partial charge >= 0.3 is 0 Å². The van der Waals surface area contributed by atoms with E-state index in [0.717, 1.165) is 0 Å². The van der Waals surface area contributed by atoms with E-state index < -0.39 is 11.6 Å². The number of rotatable bonds is 2. The van der Waals surface area contributed by atoms with Crippen molar-refractivity contribution in [3.63, 3.8) is 0 Å². The topological polar surface area (TPSA) is 54.0 Å². The molecule has 102 valence electrons. The van der Waals surface area contributed by atoms with E-state index in [0.29, 0.717) is 4.48 Å². The van der Waals surface area contributed by atoms with Crippen LogP contribution < -0.4 is 0 Å². The molecule has 0 N–H and O–H groups in total. The van der Waals surface area contributed by atoms with E-state index in [1.54, 1.807) is 19.9 Å². The first-order valence-corrected chi connectivity index (χ1v) is 6.51. The number of hydrogen-bond acceptors (Lipinski definition) is 5. The number of allylic oxidation sites excluding steroid dienone is 1. The summed E-state index contributed by atoms with van der Waals surface area (Å²) in [6.07, 6.45) is 1.29. The van der Waals surface area contributed by atoms with Crippen molar-refractivity contribution in [2.75, 3.05) is 14.2 Å². The fraction of sp³-hybridized carbons (Fsp3) is 0.750. The number of fused-ring (bicyclic) bond motifs is 1. The van der Waals surface area contributed by atoms with Gasteiger partial charge < -0.3 is 18.9 Å². The van der Waals surface area contributed by atoms with Crippen molar-refractivity contribution < 1.29 is 23.7 Å². The maximum atomic E-state index is 11.7. The van der Waals surface area contributed by atoms with E-state index in [4.69, 9.17) is 18.9 Å². The van der Waals surface area contributed by atoms with Crippen LogP contribution in [-0.4, -0.2) is 43.8 Å². The molecular formula is C12H17BrO5. The van der Waals surface area contributed by atoms with Gasteiger partial charge in [-0.15, -0.1) is 0 Å². The Kier molecular flexibility index (Phi) is 3.68. The highest BCUT2D eigenvalue weighted by Crippen LogP contribution is 2.42. The average Bonchev–Trinajstić information content (AvgIpc) is 2.33. The largest absolute Gasteiger partial charge is 0.349 e. The lowest BCUT2D eigenvalue weighted by atomic mass is 9.96. The zero-order valence-corrected chi connectivity index (χ0v) is 12.4. The van der Waals surface area contributed by atoms with Crippen LogP contribution in [0.3, 0.4) is 0 Å². The standard InChI is InChI=1S/C12H17BrO5/c1-11(15-3)12(2,16-4)18-10-6-8(14)7(13)5-9(10)17-11/h5,9-10H,6H2,1-4H3/t9-,10-,11+,12+/m1/s1. The summed E-state index contributed by atoms with van der Waals surface area (Å²) in [5.74, 6) is -2.09. The molecule has 4 atom stereocenters. The summed E-state index contributed by atoms with van der Waals surface area (Å²) in [6.45, 7) is 3.50.